The lowest BCUT2D eigenvalue weighted by atomic mass is 10.3. The lowest BCUT2D eigenvalue weighted by molar-refractivity contribution is -0.138. The molecule has 0 saturated carbocycles. The fourth-order valence-corrected chi connectivity index (χ4v) is 0.796. The van der Waals surface area contributed by atoms with E-state index in [1.807, 2.05) is 0 Å². The summed E-state index contributed by atoms with van der Waals surface area (Å²) in [5, 5.41) is 0. The van der Waals surface area contributed by atoms with Crippen LogP contribution in [0.1, 0.15) is 13.8 Å². The van der Waals surface area contributed by atoms with Crippen molar-refractivity contribution in [1.82, 2.24) is 0 Å². The molecule has 0 aromatic carbocycles. The SMILES string of the molecule is C/C=C(\C)C(=O)OC/C=C\C#CC#C/C=C\C(=O)OC. The van der Waals surface area contributed by atoms with Crippen molar-refractivity contribution in [3.63, 3.8) is 0 Å². The Morgan fingerprint density at radius 3 is 2.40 bits per heavy atom. The van der Waals surface area contributed by atoms with E-state index in [1.165, 1.54) is 25.3 Å². The molecule has 0 atom stereocenters. The molecule has 20 heavy (non-hydrogen) atoms. The van der Waals surface area contributed by atoms with Gasteiger partial charge in [-0.3, -0.25) is 0 Å². The van der Waals surface area contributed by atoms with Crippen molar-refractivity contribution < 1.29 is 19.1 Å². The van der Waals surface area contributed by atoms with Crippen LogP contribution in [0.3, 0.4) is 0 Å². The van der Waals surface area contributed by atoms with Crippen LogP contribution in [-0.4, -0.2) is 25.7 Å². The normalized spacial score (nSPS) is 10.4. The summed E-state index contributed by atoms with van der Waals surface area (Å²) in [6.07, 6.45) is 7.39. The number of ether oxygens (including phenoxy) is 2. The molecule has 0 unspecified atom stereocenters. The van der Waals surface area contributed by atoms with Gasteiger partial charge in [0.2, 0.25) is 0 Å². The first-order chi connectivity index (χ1) is 9.61. The largest absolute Gasteiger partial charge is 0.466 e. The topological polar surface area (TPSA) is 52.6 Å². The van der Waals surface area contributed by atoms with Crippen molar-refractivity contribution in [2.45, 2.75) is 13.8 Å². The molecular weight excluding hydrogens is 256 g/mol. The lowest BCUT2D eigenvalue weighted by Crippen LogP contribution is -2.05. The molecule has 0 amide bonds. The highest BCUT2D eigenvalue weighted by molar-refractivity contribution is 5.87. The second kappa shape index (κ2) is 11.4. The molecule has 0 fully saturated rings. The summed E-state index contributed by atoms with van der Waals surface area (Å²) in [6, 6.07) is 0. The van der Waals surface area contributed by atoms with Gasteiger partial charge >= 0.3 is 11.9 Å². The molecule has 0 aliphatic rings. The molecule has 0 aromatic rings. The molecular formula is C16H16O4. The Hall–Kier alpha value is -2.72. The Kier molecular flexibility index (Phi) is 9.83. The first-order valence-electron chi connectivity index (χ1n) is 5.82. The second-order valence-corrected chi connectivity index (χ2v) is 3.37. The van der Waals surface area contributed by atoms with Gasteiger partial charge < -0.3 is 9.47 Å². The summed E-state index contributed by atoms with van der Waals surface area (Å²) < 4.78 is 9.30. The minimum Gasteiger partial charge on any atom is -0.466 e. The predicted molar refractivity (Wildman–Crippen MR) is 76.2 cm³/mol. The molecule has 0 aliphatic heterocycles. The summed E-state index contributed by atoms with van der Waals surface area (Å²) in [5.74, 6) is 9.44. The van der Waals surface area contributed by atoms with E-state index in [1.54, 1.807) is 26.0 Å². The van der Waals surface area contributed by atoms with Crippen molar-refractivity contribution in [2.24, 2.45) is 0 Å². The highest BCUT2D eigenvalue weighted by atomic mass is 16.5. The maximum atomic E-state index is 11.2. The standard InChI is InChI=1S/C16H16O4/c1-4-14(2)16(18)20-13-11-9-7-5-6-8-10-12-15(17)19-3/h4,9-12H,13H2,1-3H3/b11-9-,12-10-,14-4+. The fourth-order valence-electron chi connectivity index (χ4n) is 0.796. The van der Waals surface area contributed by atoms with Gasteiger partial charge in [0.05, 0.1) is 7.11 Å². The van der Waals surface area contributed by atoms with Crippen molar-refractivity contribution in [3.05, 3.63) is 36.0 Å². The molecule has 0 aromatic heterocycles. The third-order valence-electron chi connectivity index (χ3n) is 1.98. The Morgan fingerprint density at radius 1 is 1.15 bits per heavy atom. The Labute approximate surface area is 119 Å². The summed E-state index contributed by atoms with van der Waals surface area (Å²) in [4.78, 5) is 21.9. The number of esters is 2. The Bertz CT molecular complexity index is 542. The van der Waals surface area contributed by atoms with Crippen molar-refractivity contribution in [2.75, 3.05) is 13.7 Å². The lowest BCUT2D eigenvalue weighted by Gasteiger charge is -1.99. The van der Waals surface area contributed by atoms with Gasteiger partial charge in [0.15, 0.2) is 0 Å². The van der Waals surface area contributed by atoms with Gasteiger partial charge in [-0.25, -0.2) is 9.59 Å². The number of allylic oxidation sites excluding steroid dienone is 3. The third kappa shape index (κ3) is 9.32. The van der Waals surface area contributed by atoms with E-state index in [-0.39, 0.29) is 12.6 Å². The molecule has 0 radical (unpaired) electrons. The number of hydrogen-bond donors (Lipinski definition) is 0. The molecule has 104 valence electrons. The predicted octanol–water partition coefficient (Wildman–Crippen LogP) is 1.79. The zero-order chi connectivity index (χ0) is 15.2. The van der Waals surface area contributed by atoms with Crippen LogP contribution >= 0.6 is 0 Å². The van der Waals surface area contributed by atoms with Gasteiger partial charge in [-0.05, 0) is 43.9 Å². The van der Waals surface area contributed by atoms with E-state index in [0.29, 0.717) is 5.57 Å². The van der Waals surface area contributed by atoms with E-state index in [0.717, 1.165) is 0 Å². The summed E-state index contributed by atoms with van der Waals surface area (Å²) >= 11 is 0. The van der Waals surface area contributed by atoms with Gasteiger partial charge in [-0.2, -0.15) is 0 Å². The van der Waals surface area contributed by atoms with E-state index >= 15 is 0 Å². The van der Waals surface area contributed by atoms with Crippen molar-refractivity contribution in [1.29, 1.82) is 0 Å². The van der Waals surface area contributed by atoms with Crippen LogP contribution in [0.5, 0.6) is 0 Å². The molecule has 4 nitrogen and oxygen atoms in total. The minimum atomic E-state index is -0.467. The smallest absolute Gasteiger partial charge is 0.333 e. The van der Waals surface area contributed by atoms with E-state index in [2.05, 4.69) is 28.4 Å². The second-order valence-electron chi connectivity index (χ2n) is 3.37. The molecule has 4 heteroatoms. The number of methoxy groups -OCH3 is 1. The zero-order valence-electron chi connectivity index (χ0n) is 11.7. The molecule has 0 saturated heterocycles. The average molecular weight is 272 g/mol. The first-order valence-corrected chi connectivity index (χ1v) is 5.82. The maximum absolute atomic E-state index is 11.2. The fraction of sp³-hybridized carbons (Fsp3) is 0.250. The van der Waals surface area contributed by atoms with Gasteiger partial charge in [0.1, 0.15) is 6.61 Å². The summed E-state index contributed by atoms with van der Waals surface area (Å²) in [7, 11) is 1.29. The van der Waals surface area contributed by atoms with Gasteiger partial charge in [-0.1, -0.05) is 17.9 Å². The Balaban J connectivity index is 4.02. The van der Waals surface area contributed by atoms with Gasteiger partial charge in [-0.15, -0.1) is 0 Å². The van der Waals surface area contributed by atoms with E-state index in [9.17, 15) is 9.59 Å². The number of rotatable bonds is 4. The molecule has 0 heterocycles. The third-order valence-corrected chi connectivity index (χ3v) is 1.98. The van der Waals surface area contributed by atoms with Crippen LogP contribution in [0.2, 0.25) is 0 Å². The molecule has 0 spiro atoms. The van der Waals surface area contributed by atoms with E-state index < -0.39 is 5.97 Å². The van der Waals surface area contributed by atoms with Gasteiger partial charge in [0, 0.05) is 11.6 Å². The number of hydrogen-bond acceptors (Lipinski definition) is 4. The zero-order valence-corrected chi connectivity index (χ0v) is 11.7. The van der Waals surface area contributed by atoms with Crippen molar-refractivity contribution >= 4 is 11.9 Å². The van der Waals surface area contributed by atoms with E-state index in [4.69, 9.17) is 4.74 Å². The van der Waals surface area contributed by atoms with Crippen LogP contribution in [0.25, 0.3) is 0 Å². The molecule has 0 rings (SSSR count). The Morgan fingerprint density at radius 2 is 1.80 bits per heavy atom. The maximum Gasteiger partial charge on any atom is 0.333 e. The monoisotopic (exact) mass is 272 g/mol. The van der Waals surface area contributed by atoms with Crippen molar-refractivity contribution in [3.8, 4) is 23.7 Å². The van der Waals surface area contributed by atoms with Crippen LogP contribution in [0.4, 0.5) is 0 Å². The highest BCUT2D eigenvalue weighted by Crippen LogP contribution is 1.95. The quantitative estimate of drug-likeness (QED) is 0.445. The first kappa shape index (κ1) is 17.3. The molecule has 0 bridgehead atoms. The van der Waals surface area contributed by atoms with Crippen LogP contribution in [0, 0.1) is 23.7 Å². The van der Waals surface area contributed by atoms with Gasteiger partial charge in [0.25, 0.3) is 0 Å². The van der Waals surface area contributed by atoms with Crippen LogP contribution in [0.15, 0.2) is 36.0 Å². The van der Waals surface area contributed by atoms with Crippen LogP contribution in [-0.2, 0) is 19.1 Å². The molecule has 0 N–H and O–H groups in total. The number of carbonyl (C=O) groups excluding carboxylic acids is 2. The summed E-state index contributed by atoms with van der Waals surface area (Å²) in [6.45, 7) is 3.61. The average Bonchev–Trinajstić information content (AvgIpc) is 2.47. The summed E-state index contributed by atoms with van der Waals surface area (Å²) in [5.41, 5.74) is 0.563. The number of carbonyl (C=O) groups is 2. The molecule has 0 aliphatic carbocycles. The minimum absolute atomic E-state index is 0.161. The van der Waals surface area contributed by atoms with Crippen LogP contribution < -0.4 is 0 Å². The highest BCUT2D eigenvalue weighted by Gasteiger charge is 2.01.